The van der Waals surface area contributed by atoms with E-state index in [9.17, 15) is 4.79 Å². The summed E-state index contributed by atoms with van der Waals surface area (Å²) in [6.07, 6.45) is 0.832. The van der Waals surface area contributed by atoms with Gasteiger partial charge in [0.25, 0.3) is 0 Å². The third-order valence-corrected chi connectivity index (χ3v) is 4.68. The quantitative estimate of drug-likeness (QED) is 0.861. The van der Waals surface area contributed by atoms with Crippen LogP contribution in [-0.4, -0.2) is 54.5 Å². The number of ether oxygens (including phenoxy) is 1. The molecule has 0 aliphatic carbocycles. The predicted molar refractivity (Wildman–Crippen MR) is 99.9 cm³/mol. The number of para-hydroxylation sites is 1. The molecule has 1 fully saturated rings. The summed E-state index contributed by atoms with van der Waals surface area (Å²) < 4.78 is 5.02. The number of benzene rings is 1. The molecule has 0 aromatic heterocycles. The van der Waals surface area contributed by atoms with Crippen LogP contribution in [0.3, 0.4) is 0 Å². The molecular formula is C19H28N4O2. The van der Waals surface area contributed by atoms with E-state index in [0.717, 1.165) is 24.5 Å². The number of fused-ring (bicyclic) bond motifs is 1. The van der Waals surface area contributed by atoms with Crippen molar-refractivity contribution in [3.8, 4) is 0 Å². The van der Waals surface area contributed by atoms with Crippen LogP contribution >= 0.6 is 0 Å². The van der Waals surface area contributed by atoms with Crippen molar-refractivity contribution in [1.29, 1.82) is 0 Å². The van der Waals surface area contributed by atoms with Gasteiger partial charge in [0.2, 0.25) is 5.91 Å². The minimum absolute atomic E-state index is 0.0260. The molecule has 1 aromatic carbocycles. The molecule has 0 bridgehead atoms. The number of amidine groups is 1. The molecule has 1 saturated heterocycles. The molecule has 1 atom stereocenters. The van der Waals surface area contributed by atoms with Gasteiger partial charge in [-0.2, -0.15) is 0 Å². The normalized spacial score (nSPS) is 25.0. The Labute approximate surface area is 149 Å². The number of nitrogens with one attached hydrogen (secondary N) is 2. The monoisotopic (exact) mass is 344 g/mol. The van der Waals surface area contributed by atoms with Gasteiger partial charge >= 0.3 is 0 Å². The average Bonchev–Trinajstić information content (AvgIpc) is 2.92. The largest absolute Gasteiger partial charge is 0.375 e. The van der Waals surface area contributed by atoms with Gasteiger partial charge in [-0.1, -0.05) is 18.2 Å². The maximum Gasteiger partial charge on any atom is 0.248 e. The number of aliphatic imine (C=N–C) groups is 1. The Morgan fingerprint density at radius 3 is 2.84 bits per heavy atom. The Kier molecular flexibility index (Phi) is 4.84. The summed E-state index contributed by atoms with van der Waals surface area (Å²) in [4.78, 5) is 19.1. The summed E-state index contributed by atoms with van der Waals surface area (Å²) in [5.74, 6) is 0.940. The molecule has 6 heteroatoms. The summed E-state index contributed by atoms with van der Waals surface area (Å²) in [6.45, 7) is 8.45. The fourth-order valence-electron chi connectivity index (χ4n) is 3.44. The van der Waals surface area contributed by atoms with E-state index in [0.29, 0.717) is 13.1 Å². The number of amides is 1. The third-order valence-electron chi connectivity index (χ3n) is 4.68. The van der Waals surface area contributed by atoms with Gasteiger partial charge < -0.3 is 15.0 Å². The van der Waals surface area contributed by atoms with Gasteiger partial charge in [-0.3, -0.25) is 15.1 Å². The summed E-state index contributed by atoms with van der Waals surface area (Å²) in [5, 5.41) is 7.24. The standard InChI is InChI=1S/C19H28N4O2/c1-18(2,3)22-17-19(9-10-23(13-19)16(24)12-25-4)20-11-14-7-5-6-8-15(14)21-17/h5-8,20H,9-13H2,1-4H3,(H,21,22). The van der Waals surface area contributed by atoms with Crippen molar-refractivity contribution in [2.24, 2.45) is 4.99 Å². The molecule has 1 spiro atoms. The smallest absolute Gasteiger partial charge is 0.248 e. The van der Waals surface area contributed by atoms with E-state index in [1.165, 1.54) is 5.56 Å². The Hall–Kier alpha value is -1.92. The van der Waals surface area contributed by atoms with Crippen molar-refractivity contribution < 1.29 is 9.53 Å². The maximum absolute atomic E-state index is 12.3. The van der Waals surface area contributed by atoms with Crippen molar-refractivity contribution in [2.75, 3.05) is 32.1 Å². The first kappa shape index (κ1) is 17.9. The molecule has 1 unspecified atom stereocenters. The fourth-order valence-corrected chi connectivity index (χ4v) is 3.44. The molecule has 25 heavy (non-hydrogen) atoms. The number of nitrogens with zero attached hydrogens (tertiary/aromatic N) is 2. The molecule has 6 nitrogen and oxygen atoms in total. The second-order valence-electron chi connectivity index (χ2n) is 7.85. The second kappa shape index (κ2) is 6.77. The highest BCUT2D eigenvalue weighted by atomic mass is 16.5. The van der Waals surface area contributed by atoms with Gasteiger partial charge in [0.15, 0.2) is 0 Å². The molecule has 2 aliphatic heterocycles. The molecule has 0 radical (unpaired) electrons. The second-order valence-corrected chi connectivity index (χ2v) is 7.85. The fraction of sp³-hybridized carbons (Fsp3) is 0.579. The number of hydrogen-bond donors (Lipinski definition) is 2. The van der Waals surface area contributed by atoms with Crippen molar-refractivity contribution in [1.82, 2.24) is 10.2 Å². The highest BCUT2D eigenvalue weighted by Gasteiger charge is 2.45. The van der Waals surface area contributed by atoms with Crippen LogP contribution in [0, 0.1) is 0 Å². The van der Waals surface area contributed by atoms with E-state index in [-0.39, 0.29) is 23.6 Å². The number of rotatable bonds is 2. The average molecular weight is 344 g/mol. The van der Waals surface area contributed by atoms with Crippen LogP contribution < -0.4 is 10.6 Å². The Morgan fingerprint density at radius 2 is 2.12 bits per heavy atom. The van der Waals surface area contributed by atoms with Crippen LogP contribution in [0.25, 0.3) is 0 Å². The SMILES string of the molecule is COCC(=O)N1CCC2(C1)NCc1ccccc1NC2=NC(C)(C)C. The number of carbonyl (C=O) groups is 1. The van der Waals surface area contributed by atoms with Crippen LogP contribution in [0.1, 0.15) is 32.8 Å². The first-order valence-electron chi connectivity index (χ1n) is 8.80. The molecule has 1 amide bonds. The summed E-state index contributed by atoms with van der Waals surface area (Å²) >= 11 is 0. The topological polar surface area (TPSA) is 66.0 Å². The number of hydrogen-bond acceptors (Lipinski definition) is 4. The Bertz CT molecular complexity index is 680. The Morgan fingerprint density at radius 1 is 1.36 bits per heavy atom. The first-order chi connectivity index (χ1) is 11.8. The molecule has 2 heterocycles. The molecule has 0 saturated carbocycles. The lowest BCUT2D eigenvalue weighted by atomic mass is 9.95. The van der Waals surface area contributed by atoms with Gasteiger partial charge in [-0.15, -0.1) is 0 Å². The summed E-state index contributed by atoms with van der Waals surface area (Å²) in [6, 6.07) is 8.27. The van der Waals surface area contributed by atoms with Gasteiger partial charge in [0.05, 0.1) is 11.1 Å². The van der Waals surface area contributed by atoms with Crippen LogP contribution in [0.5, 0.6) is 0 Å². The molecule has 3 rings (SSSR count). The molecule has 2 aliphatic rings. The zero-order valence-electron chi connectivity index (χ0n) is 15.6. The van der Waals surface area contributed by atoms with Crippen LogP contribution in [-0.2, 0) is 16.1 Å². The van der Waals surface area contributed by atoms with E-state index < -0.39 is 0 Å². The van der Waals surface area contributed by atoms with Crippen LogP contribution in [0.4, 0.5) is 5.69 Å². The van der Waals surface area contributed by atoms with Crippen LogP contribution in [0.15, 0.2) is 29.3 Å². The Balaban J connectivity index is 1.94. The minimum atomic E-state index is -0.351. The lowest BCUT2D eigenvalue weighted by Gasteiger charge is -2.32. The van der Waals surface area contributed by atoms with E-state index in [1.54, 1.807) is 7.11 Å². The van der Waals surface area contributed by atoms with E-state index in [1.807, 2.05) is 17.0 Å². The summed E-state index contributed by atoms with van der Waals surface area (Å²) in [5.41, 5.74) is 1.73. The lowest BCUT2D eigenvalue weighted by Crippen LogP contribution is -2.56. The maximum atomic E-state index is 12.3. The van der Waals surface area contributed by atoms with Crippen molar-refractivity contribution in [2.45, 2.75) is 44.8 Å². The lowest BCUT2D eigenvalue weighted by molar-refractivity contribution is -0.134. The number of carbonyl (C=O) groups excluding carboxylic acids is 1. The van der Waals surface area contributed by atoms with Crippen molar-refractivity contribution in [3.63, 3.8) is 0 Å². The third kappa shape index (κ3) is 3.85. The van der Waals surface area contributed by atoms with E-state index in [4.69, 9.17) is 9.73 Å². The number of methoxy groups -OCH3 is 1. The highest BCUT2D eigenvalue weighted by Crippen LogP contribution is 2.30. The van der Waals surface area contributed by atoms with Crippen molar-refractivity contribution in [3.05, 3.63) is 29.8 Å². The number of likely N-dealkylation sites (tertiary alicyclic amines) is 1. The molecule has 136 valence electrons. The van der Waals surface area contributed by atoms with Crippen molar-refractivity contribution >= 4 is 17.4 Å². The van der Waals surface area contributed by atoms with Gasteiger partial charge in [0.1, 0.15) is 12.4 Å². The van der Waals surface area contributed by atoms with E-state index in [2.05, 4.69) is 43.5 Å². The first-order valence-corrected chi connectivity index (χ1v) is 8.80. The number of anilines is 1. The highest BCUT2D eigenvalue weighted by molar-refractivity contribution is 6.04. The molecular weight excluding hydrogens is 316 g/mol. The van der Waals surface area contributed by atoms with Gasteiger partial charge in [-0.05, 0) is 38.8 Å². The molecule has 2 N–H and O–H groups in total. The zero-order chi connectivity index (χ0) is 18.1. The van der Waals surface area contributed by atoms with Gasteiger partial charge in [0, 0.05) is 32.4 Å². The van der Waals surface area contributed by atoms with E-state index >= 15 is 0 Å². The summed E-state index contributed by atoms with van der Waals surface area (Å²) in [7, 11) is 1.55. The zero-order valence-corrected chi connectivity index (χ0v) is 15.6. The van der Waals surface area contributed by atoms with Gasteiger partial charge in [-0.25, -0.2) is 0 Å². The molecule has 1 aromatic rings. The predicted octanol–water partition coefficient (Wildman–Crippen LogP) is 2.02. The minimum Gasteiger partial charge on any atom is -0.375 e. The van der Waals surface area contributed by atoms with Crippen LogP contribution in [0.2, 0.25) is 0 Å².